The molecule has 1 saturated heterocycles. The van der Waals surface area contributed by atoms with E-state index < -0.39 is 5.91 Å². The Bertz CT molecular complexity index is 1100. The molecule has 1 aliphatic heterocycles. The molecule has 0 radical (unpaired) electrons. The third kappa shape index (κ3) is 5.11. The van der Waals surface area contributed by atoms with E-state index in [1.54, 1.807) is 29.2 Å². The average Bonchev–Trinajstić information content (AvgIpc) is 3.36. The molecule has 2 aromatic heterocycles. The molecule has 2 amide bonds. The van der Waals surface area contributed by atoms with Gasteiger partial charge in [-0.05, 0) is 30.5 Å². The summed E-state index contributed by atoms with van der Waals surface area (Å²) in [6, 6.07) is 6.45. The van der Waals surface area contributed by atoms with Crippen LogP contribution in [-0.2, 0) is 11.2 Å². The SMILES string of the molecule is NC(=O)c1ncn(C2CCN(CC(=O)Nc3ncc(Cc4ccc(F)cc4)s3)CC2)c1N. The van der Waals surface area contributed by atoms with E-state index in [-0.39, 0.29) is 35.8 Å². The molecule has 4 rings (SSSR count). The zero-order valence-corrected chi connectivity index (χ0v) is 18.1. The number of imidazole rings is 1. The van der Waals surface area contributed by atoms with E-state index in [9.17, 15) is 14.0 Å². The van der Waals surface area contributed by atoms with E-state index in [4.69, 9.17) is 11.5 Å². The second kappa shape index (κ2) is 9.45. The second-order valence-corrected chi connectivity index (χ2v) is 8.86. The van der Waals surface area contributed by atoms with E-state index >= 15 is 0 Å². The average molecular weight is 458 g/mol. The highest BCUT2D eigenvalue weighted by Gasteiger charge is 2.25. The predicted octanol–water partition coefficient (Wildman–Crippen LogP) is 2.03. The number of nitrogens with one attached hydrogen (secondary N) is 1. The Morgan fingerprint density at radius 3 is 2.56 bits per heavy atom. The molecular weight excluding hydrogens is 433 g/mol. The number of nitrogen functional groups attached to an aromatic ring is 1. The van der Waals surface area contributed by atoms with E-state index in [0.717, 1.165) is 36.4 Å². The van der Waals surface area contributed by atoms with Crippen molar-refractivity contribution >= 4 is 34.1 Å². The summed E-state index contributed by atoms with van der Waals surface area (Å²) < 4.78 is 14.8. The molecule has 1 fully saturated rings. The minimum absolute atomic E-state index is 0.0917. The highest BCUT2D eigenvalue weighted by molar-refractivity contribution is 7.15. The van der Waals surface area contributed by atoms with Crippen molar-refractivity contribution in [2.45, 2.75) is 25.3 Å². The van der Waals surface area contributed by atoms with Gasteiger partial charge in [0.1, 0.15) is 11.6 Å². The zero-order chi connectivity index (χ0) is 22.7. The number of benzene rings is 1. The van der Waals surface area contributed by atoms with Crippen LogP contribution in [0, 0.1) is 5.82 Å². The minimum atomic E-state index is -0.640. The Balaban J connectivity index is 1.25. The van der Waals surface area contributed by atoms with Crippen molar-refractivity contribution in [1.29, 1.82) is 0 Å². The number of thiazole rings is 1. The largest absolute Gasteiger partial charge is 0.383 e. The van der Waals surface area contributed by atoms with Gasteiger partial charge in [-0.2, -0.15) is 0 Å². The fraction of sp³-hybridized carbons (Fsp3) is 0.333. The molecule has 11 heteroatoms. The number of hydrogen-bond acceptors (Lipinski definition) is 7. The number of halogens is 1. The van der Waals surface area contributed by atoms with Crippen LogP contribution in [-0.4, -0.2) is 50.9 Å². The summed E-state index contributed by atoms with van der Waals surface area (Å²) in [6.45, 7) is 1.70. The summed E-state index contributed by atoms with van der Waals surface area (Å²) in [5.41, 5.74) is 12.3. The van der Waals surface area contributed by atoms with Crippen LogP contribution in [0.3, 0.4) is 0 Å². The van der Waals surface area contributed by atoms with E-state index in [1.807, 2.05) is 0 Å². The Kier molecular flexibility index (Phi) is 6.47. The van der Waals surface area contributed by atoms with Gasteiger partial charge < -0.3 is 21.4 Å². The van der Waals surface area contributed by atoms with Gasteiger partial charge in [0.15, 0.2) is 10.8 Å². The summed E-state index contributed by atoms with van der Waals surface area (Å²) in [5.74, 6) is -0.740. The number of piperidine rings is 1. The summed E-state index contributed by atoms with van der Waals surface area (Å²) >= 11 is 1.41. The first-order valence-corrected chi connectivity index (χ1v) is 11.0. The smallest absolute Gasteiger partial charge is 0.271 e. The van der Waals surface area contributed by atoms with E-state index in [0.29, 0.717) is 11.6 Å². The number of hydrogen-bond donors (Lipinski definition) is 3. The van der Waals surface area contributed by atoms with Crippen LogP contribution in [0.1, 0.15) is 39.8 Å². The number of amides is 2. The molecular formula is C21H24FN7O2S. The topological polar surface area (TPSA) is 132 Å². The van der Waals surface area contributed by atoms with Crippen molar-refractivity contribution in [3.05, 3.63) is 58.7 Å². The predicted molar refractivity (Wildman–Crippen MR) is 120 cm³/mol. The highest BCUT2D eigenvalue weighted by Crippen LogP contribution is 2.26. The Morgan fingerprint density at radius 1 is 1.19 bits per heavy atom. The fourth-order valence-electron chi connectivity index (χ4n) is 3.82. The molecule has 32 heavy (non-hydrogen) atoms. The lowest BCUT2D eigenvalue weighted by Crippen LogP contribution is -2.39. The number of anilines is 2. The van der Waals surface area contributed by atoms with Crippen molar-refractivity contribution in [3.63, 3.8) is 0 Å². The molecule has 9 nitrogen and oxygen atoms in total. The number of primary amides is 1. The van der Waals surface area contributed by atoms with Crippen molar-refractivity contribution in [2.75, 3.05) is 30.7 Å². The maximum Gasteiger partial charge on any atom is 0.271 e. The summed E-state index contributed by atoms with van der Waals surface area (Å²) in [7, 11) is 0. The van der Waals surface area contributed by atoms with Crippen LogP contribution in [0.2, 0.25) is 0 Å². The first kappa shape index (κ1) is 21.9. The van der Waals surface area contributed by atoms with Crippen molar-refractivity contribution < 1.29 is 14.0 Å². The zero-order valence-electron chi connectivity index (χ0n) is 17.3. The van der Waals surface area contributed by atoms with Gasteiger partial charge in [-0.3, -0.25) is 14.5 Å². The fourth-order valence-corrected chi connectivity index (χ4v) is 4.68. The first-order valence-electron chi connectivity index (χ1n) is 10.2. The van der Waals surface area contributed by atoms with Gasteiger partial charge in [0.2, 0.25) is 5.91 Å². The lowest BCUT2D eigenvalue weighted by atomic mass is 10.0. The second-order valence-electron chi connectivity index (χ2n) is 7.74. The van der Waals surface area contributed by atoms with Crippen molar-refractivity contribution in [2.24, 2.45) is 5.73 Å². The number of rotatable bonds is 7. The molecule has 0 saturated carbocycles. The van der Waals surface area contributed by atoms with E-state index in [1.165, 1.54) is 23.5 Å². The van der Waals surface area contributed by atoms with Gasteiger partial charge in [0, 0.05) is 36.6 Å². The summed E-state index contributed by atoms with van der Waals surface area (Å²) in [4.78, 5) is 35.1. The number of carbonyl (C=O) groups is 2. The Hall–Kier alpha value is -3.31. The van der Waals surface area contributed by atoms with Crippen LogP contribution in [0.15, 0.2) is 36.8 Å². The number of carbonyl (C=O) groups excluding carboxylic acids is 2. The van der Waals surface area contributed by atoms with Crippen LogP contribution in [0.25, 0.3) is 0 Å². The highest BCUT2D eigenvalue weighted by atomic mass is 32.1. The number of nitrogens with zero attached hydrogens (tertiary/aromatic N) is 4. The lowest BCUT2D eigenvalue weighted by Gasteiger charge is -2.32. The monoisotopic (exact) mass is 457 g/mol. The Morgan fingerprint density at radius 2 is 1.91 bits per heavy atom. The maximum atomic E-state index is 13.0. The number of likely N-dealkylation sites (tertiary alicyclic amines) is 1. The summed E-state index contributed by atoms with van der Waals surface area (Å²) in [5, 5.41) is 3.40. The molecule has 3 heterocycles. The van der Waals surface area contributed by atoms with Crippen molar-refractivity contribution in [1.82, 2.24) is 19.4 Å². The van der Waals surface area contributed by atoms with Crippen molar-refractivity contribution in [3.8, 4) is 0 Å². The van der Waals surface area contributed by atoms with Gasteiger partial charge in [0.05, 0.1) is 12.9 Å². The molecule has 5 N–H and O–H groups in total. The van der Waals surface area contributed by atoms with Gasteiger partial charge in [-0.25, -0.2) is 14.4 Å². The van der Waals surface area contributed by atoms with Crippen LogP contribution >= 0.6 is 11.3 Å². The molecule has 1 aromatic carbocycles. The molecule has 3 aromatic rings. The van der Waals surface area contributed by atoms with Crippen LogP contribution in [0.4, 0.5) is 15.3 Å². The Labute approximate surface area is 188 Å². The number of aromatic nitrogens is 3. The molecule has 0 aliphatic carbocycles. The van der Waals surface area contributed by atoms with Gasteiger partial charge in [-0.15, -0.1) is 11.3 Å². The summed E-state index contributed by atoms with van der Waals surface area (Å²) in [6.07, 6.45) is 5.48. The molecule has 0 atom stereocenters. The third-order valence-electron chi connectivity index (χ3n) is 5.47. The normalized spacial score (nSPS) is 15.0. The molecule has 1 aliphatic rings. The standard InChI is InChI=1S/C21H24FN7O2S/c22-14-3-1-13(2-4-14)9-16-10-25-21(32-16)27-17(30)11-28-7-5-15(6-8-28)29-12-26-18(19(29)23)20(24)31/h1-4,10,12,15H,5-9,11,23H2,(H2,24,31)(H,25,27,30). The van der Waals surface area contributed by atoms with Gasteiger partial charge >= 0.3 is 0 Å². The number of nitrogens with two attached hydrogens (primary N) is 2. The quantitative estimate of drug-likeness (QED) is 0.497. The maximum absolute atomic E-state index is 13.0. The van der Waals surface area contributed by atoms with Crippen LogP contribution in [0.5, 0.6) is 0 Å². The van der Waals surface area contributed by atoms with Gasteiger partial charge in [0.25, 0.3) is 5.91 Å². The molecule has 168 valence electrons. The van der Waals surface area contributed by atoms with Gasteiger partial charge in [-0.1, -0.05) is 12.1 Å². The molecule has 0 unspecified atom stereocenters. The molecule has 0 bridgehead atoms. The lowest BCUT2D eigenvalue weighted by molar-refractivity contribution is -0.117. The first-order chi connectivity index (χ1) is 15.4. The van der Waals surface area contributed by atoms with E-state index in [2.05, 4.69) is 20.2 Å². The minimum Gasteiger partial charge on any atom is -0.383 e. The molecule has 0 spiro atoms. The third-order valence-corrected chi connectivity index (χ3v) is 6.39. The van der Waals surface area contributed by atoms with Crippen LogP contribution < -0.4 is 16.8 Å².